The van der Waals surface area contributed by atoms with Gasteiger partial charge < -0.3 is 25.1 Å². The number of ketones is 1. The van der Waals surface area contributed by atoms with Crippen LogP contribution in [-0.2, 0) is 4.74 Å². The number of para-hydroxylation sites is 1. The summed E-state index contributed by atoms with van der Waals surface area (Å²) in [7, 11) is 0. The second-order valence-corrected chi connectivity index (χ2v) is 15.1. The minimum atomic E-state index is -0.232. The molecular formula is C44H47ClN8O3. The number of hydrogen-bond acceptors (Lipinski definition) is 10. The Balaban J connectivity index is 0.877. The van der Waals surface area contributed by atoms with Gasteiger partial charge in [0.05, 0.1) is 58.2 Å². The fourth-order valence-electron chi connectivity index (χ4n) is 8.16. The van der Waals surface area contributed by atoms with Gasteiger partial charge in [0.15, 0.2) is 5.78 Å². The van der Waals surface area contributed by atoms with E-state index in [2.05, 4.69) is 56.5 Å². The Hall–Kier alpha value is -5.20. The quantitative estimate of drug-likeness (QED) is 0.0776. The van der Waals surface area contributed by atoms with E-state index in [9.17, 15) is 4.79 Å². The van der Waals surface area contributed by atoms with Crippen molar-refractivity contribution in [3.05, 3.63) is 136 Å². The van der Waals surface area contributed by atoms with Gasteiger partial charge in [-0.05, 0) is 93.5 Å². The van der Waals surface area contributed by atoms with Crippen molar-refractivity contribution in [2.45, 2.75) is 70.2 Å². The summed E-state index contributed by atoms with van der Waals surface area (Å²) in [6, 6.07) is 23.4. The van der Waals surface area contributed by atoms with Crippen molar-refractivity contribution in [1.29, 1.82) is 0 Å². The highest BCUT2D eigenvalue weighted by Gasteiger charge is 2.35. The van der Waals surface area contributed by atoms with E-state index in [1.54, 1.807) is 24.4 Å². The number of halogens is 1. The number of piperidine rings is 1. The number of nitrogens with zero attached hydrogens (tertiary/aromatic N) is 5. The van der Waals surface area contributed by atoms with Gasteiger partial charge in [0.1, 0.15) is 29.3 Å². The molecule has 2 aliphatic rings. The SMILES string of the molecule is Cc1cccnc1[C@H]1CCC[C@@H](c2ncccc2C)N1CCNC[C@@H]1CC[C@@H](Nc2ncnc3[nH]cc(C(=O)c4ccc(Oc5ccccc5)cc4Cl)c23)CO1. The summed E-state index contributed by atoms with van der Waals surface area (Å²) < 4.78 is 12.3. The van der Waals surface area contributed by atoms with Gasteiger partial charge in [-0.25, -0.2) is 9.97 Å². The number of carbonyl (C=O) groups is 1. The number of aromatic nitrogens is 5. The summed E-state index contributed by atoms with van der Waals surface area (Å²) in [5.41, 5.74) is 6.19. The van der Waals surface area contributed by atoms with Crippen LogP contribution in [0.2, 0.25) is 5.02 Å². The number of hydrogen-bond donors (Lipinski definition) is 3. The van der Waals surface area contributed by atoms with Crippen LogP contribution in [-0.4, -0.2) is 74.0 Å². The second kappa shape index (κ2) is 17.3. The first kappa shape index (κ1) is 37.7. The number of carbonyl (C=O) groups excluding carboxylic acids is 1. The molecule has 0 amide bonds. The van der Waals surface area contributed by atoms with Gasteiger partial charge in [-0.3, -0.25) is 19.7 Å². The van der Waals surface area contributed by atoms with Gasteiger partial charge in [0, 0.05) is 49.9 Å². The molecule has 6 heterocycles. The molecule has 0 unspecified atom stereocenters. The number of fused-ring (bicyclic) bond motifs is 1. The molecule has 4 atom stereocenters. The first-order valence-corrected chi connectivity index (χ1v) is 19.9. The van der Waals surface area contributed by atoms with Crippen molar-refractivity contribution in [2.75, 3.05) is 31.6 Å². The van der Waals surface area contributed by atoms with E-state index in [0.717, 1.165) is 51.7 Å². The molecule has 0 saturated carbocycles. The van der Waals surface area contributed by atoms with Gasteiger partial charge >= 0.3 is 0 Å². The van der Waals surface area contributed by atoms with Gasteiger partial charge in [0.2, 0.25) is 0 Å². The highest BCUT2D eigenvalue weighted by atomic mass is 35.5. The molecule has 4 aromatic heterocycles. The molecule has 0 bridgehead atoms. The third-order valence-electron chi connectivity index (χ3n) is 11.0. The molecule has 0 spiro atoms. The molecule has 288 valence electrons. The maximum atomic E-state index is 13.9. The summed E-state index contributed by atoms with van der Waals surface area (Å²) in [6.45, 7) is 7.35. The number of aromatic amines is 1. The molecule has 12 heteroatoms. The monoisotopic (exact) mass is 770 g/mol. The smallest absolute Gasteiger partial charge is 0.196 e. The Bertz CT molecular complexity index is 2220. The van der Waals surface area contributed by atoms with Crippen molar-refractivity contribution in [2.24, 2.45) is 0 Å². The number of aryl methyl sites for hydroxylation is 2. The zero-order chi connectivity index (χ0) is 38.4. The van der Waals surface area contributed by atoms with E-state index in [1.165, 1.54) is 28.8 Å². The lowest BCUT2D eigenvalue weighted by molar-refractivity contribution is 0.00905. The molecule has 2 aromatic carbocycles. The molecule has 3 N–H and O–H groups in total. The van der Waals surface area contributed by atoms with Crippen molar-refractivity contribution in [3.8, 4) is 11.5 Å². The molecule has 8 rings (SSSR count). The molecule has 56 heavy (non-hydrogen) atoms. The minimum absolute atomic E-state index is 0.0262. The van der Waals surface area contributed by atoms with E-state index in [-0.39, 0.29) is 30.0 Å². The van der Waals surface area contributed by atoms with Crippen LogP contribution in [0.4, 0.5) is 5.82 Å². The van der Waals surface area contributed by atoms with Crippen molar-refractivity contribution in [3.63, 3.8) is 0 Å². The number of nitrogens with one attached hydrogen (secondary N) is 3. The highest BCUT2D eigenvalue weighted by molar-refractivity contribution is 6.35. The summed E-state index contributed by atoms with van der Waals surface area (Å²) in [6.07, 6.45) is 12.2. The third kappa shape index (κ3) is 8.31. The van der Waals surface area contributed by atoms with Crippen molar-refractivity contribution in [1.82, 2.24) is 35.1 Å². The highest BCUT2D eigenvalue weighted by Crippen LogP contribution is 2.42. The van der Waals surface area contributed by atoms with Crippen LogP contribution in [0.3, 0.4) is 0 Å². The van der Waals surface area contributed by atoms with Gasteiger partial charge in [0.25, 0.3) is 0 Å². The van der Waals surface area contributed by atoms with Crippen molar-refractivity contribution < 1.29 is 14.3 Å². The molecule has 11 nitrogen and oxygen atoms in total. The normalized spacial score (nSPS) is 20.2. The van der Waals surface area contributed by atoms with Crippen LogP contribution >= 0.6 is 11.6 Å². The Morgan fingerprint density at radius 1 is 0.875 bits per heavy atom. The van der Waals surface area contributed by atoms with E-state index in [4.69, 9.17) is 31.0 Å². The maximum Gasteiger partial charge on any atom is 0.196 e. The molecule has 0 aliphatic carbocycles. The topological polar surface area (TPSA) is 130 Å². The number of H-pyrrole nitrogens is 1. The lowest BCUT2D eigenvalue weighted by atomic mass is 9.89. The number of ether oxygens (including phenoxy) is 2. The molecule has 2 saturated heterocycles. The predicted octanol–water partition coefficient (Wildman–Crippen LogP) is 8.56. The van der Waals surface area contributed by atoms with Crippen LogP contribution in [0.5, 0.6) is 11.5 Å². The fourth-order valence-corrected chi connectivity index (χ4v) is 8.41. The van der Waals surface area contributed by atoms with Crippen LogP contribution in [0.25, 0.3) is 11.0 Å². The summed E-state index contributed by atoms with van der Waals surface area (Å²) in [5.74, 6) is 1.58. The zero-order valence-corrected chi connectivity index (χ0v) is 32.5. The Morgan fingerprint density at radius 2 is 1.62 bits per heavy atom. The first-order chi connectivity index (χ1) is 27.4. The summed E-state index contributed by atoms with van der Waals surface area (Å²) >= 11 is 6.64. The maximum absolute atomic E-state index is 13.9. The number of benzene rings is 2. The lowest BCUT2D eigenvalue weighted by Crippen LogP contribution is -2.44. The van der Waals surface area contributed by atoms with Crippen LogP contribution in [0.1, 0.15) is 82.6 Å². The predicted molar refractivity (Wildman–Crippen MR) is 219 cm³/mol. The number of likely N-dealkylation sites (tertiary alicyclic amines) is 1. The summed E-state index contributed by atoms with van der Waals surface area (Å²) in [4.78, 5) is 38.3. The Kier molecular flexibility index (Phi) is 11.6. The van der Waals surface area contributed by atoms with Gasteiger partial charge in [-0.2, -0.15) is 0 Å². The van der Waals surface area contributed by atoms with E-state index in [0.29, 0.717) is 51.1 Å². The Labute approximate surface area is 332 Å². The number of pyridine rings is 2. The average molecular weight is 771 g/mol. The zero-order valence-electron chi connectivity index (χ0n) is 31.7. The Morgan fingerprint density at radius 3 is 2.30 bits per heavy atom. The molecule has 6 aromatic rings. The van der Waals surface area contributed by atoms with E-state index in [1.807, 2.05) is 54.9 Å². The fraction of sp³-hybridized carbons (Fsp3) is 0.341. The molecule has 2 fully saturated rings. The second-order valence-electron chi connectivity index (χ2n) is 14.7. The van der Waals surface area contributed by atoms with Crippen LogP contribution in [0, 0.1) is 13.8 Å². The largest absolute Gasteiger partial charge is 0.457 e. The molecule has 0 radical (unpaired) electrons. The van der Waals surface area contributed by atoms with Gasteiger partial charge in [-0.15, -0.1) is 0 Å². The van der Waals surface area contributed by atoms with E-state index < -0.39 is 0 Å². The third-order valence-corrected chi connectivity index (χ3v) is 11.3. The van der Waals surface area contributed by atoms with Crippen molar-refractivity contribution >= 4 is 34.2 Å². The lowest BCUT2D eigenvalue weighted by Gasteiger charge is -2.42. The van der Waals surface area contributed by atoms with E-state index >= 15 is 0 Å². The average Bonchev–Trinajstić information content (AvgIpc) is 3.66. The number of rotatable bonds is 13. The number of anilines is 1. The first-order valence-electron chi connectivity index (χ1n) is 19.5. The summed E-state index contributed by atoms with van der Waals surface area (Å²) in [5, 5.41) is 8.18. The molecular weight excluding hydrogens is 724 g/mol. The van der Waals surface area contributed by atoms with Crippen LogP contribution < -0.4 is 15.4 Å². The van der Waals surface area contributed by atoms with Crippen LogP contribution in [0.15, 0.2) is 97.7 Å². The standard InChI is InChI=1S/C44H47ClN8O3/c1-28-9-7-19-47-40(28)37-13-6-14-38(41-29(2)10-8-20-48-41)53(37)22-21-46-24-33-16-15-30(26-55-33)52-44-39-35(25-49-43(39)50-27-51-44)42(54)34-18-17-32(23-36(34)45)56-31-11-4-3-5-12-31/h3-5,7-12,17-20,23,25,27,30,33,37-38,46H,6,13-16,21-22,24,26H2,1-2H3,(H2,49,50,51,52)/t30-,33+,37-,38+/m1/s1. The van der Waals surface area contributed by atoms with Gasteiger partial charge in [-0.1, -0.05) is 41.9 Å². The minimum Gasteiger partial charge on any atom is -0.457 e. The molecule has 2 aliphatic heterocycles.